The summed E-state index contributed by atoms with van der Waals surface area (Å²) in [4.78, 5) is 39.9. The summed E-state index contributed by atoms with van der Waals surface area (Å²) in [6, 6.07) is 25.0. The van der Waals surface area contributed by atoms with Gasteiger partial charge in [-0.25, -0.2) is 0 Å². The molecule has 0 bridgehead atoms. The van der Waals surface area contributed by atoms with E-state index in [0.29, 0.717) is 45.3 Å². The van der Waals surface area contributed by atoms with E-state index in [2.05, 4.69) is 16.0 Å². The minimum Gasteiger partial charge on any atom is -0.350 e. The van der Waals surface area contributed by atoms with Crippen molar-refractivity contribution in [1.82, 2.24) is 16.0 Å². The Bertz CT molecular complexity index is 1250. The monoisotopic (exact) mass is 586 g/mol. The first-order chi connectivity index (χ1) is 20.9. The molecule has 0 aliphatic heterocycles. The van der Waals surface area contributed by atoms with Gasteiger partial charge in [-0.2, -0.15) is 0 Å². The van der Waals surface area contributed by atoms with Crippen LogP contribution in [0.1, 0.15) is 49.7 Å². The van der Waals surface area contributed by atoms with E-state index in [1.54, 1.807) is 0 Å². The van der Waals surface area contributed by atoms with Crippen LogP contribution in [0.25, 0.3) is 11.1 Å². The molecule has 0 fully saturated rings. The Morgan fingerprint density at radius 1 is 0.581 bits per heavy atom. The average Bonchev–Trinajstić information content (AvgIpc) is 3.04. The highest BCUT2D eigenvalue weighted by Gasteiger charge is 2.28. The van der Waals surface area contributed by atoms with E-state index in [4.69, 9.17) is 17.2 Å². The van der Waals surface area contributed by atoms with Gasteiger partial charge >= 0.3 is 0 Å². The van der Waals surface area contributed by atoms with E-state index in [1.807, 2.05) is 84.9 Å². The molecule has 0 saturated heterocycles. The van der Waals surface area contributed by atoms with Crippen molar-refractivity contribution in [3.05, 3.63) is 96.1 Å². The molecule has 0 aromatic heterocycles. The molecule has 0 aliphatic carbocycles. The molecule has 0 spiro atoms. The molecular formula is C34H46N6O3. The van der Waals surface area contributed by atoms with Crippen LogP contribution >= 0.6 is 0 Å². The number of benzene rings is 3. The summed E-state index contributed by atoms with van der Waals surface area (Å²) in [5.74, 6) is -1.14. The van der Waals surface area contributed by atoms with Gasteiger partial charge in [0.05, 0.1) is 6.04 Å². The zero-order chi connectivity index (χ0) is 30.9. The van der Waals surface area contributed by atoms with Gasteiger partial charge in [0, 0.05) is 13.0 Å². The Kier molecular flexibility index (Phi) is 14.4. The highest BCUT2D eigenvalue weighted by Crippen LogP contribution is 2.20. The summed E-state index contributed by atoms with van der Waals surface area (Å²) in [6.07, 6.45) is 4.01. The second kappa shape index (κ2) is 18.5. The maximum atomic E-state index is 13.7. The van der Waals surface area contributed by atoms with Crippen LogP contribution in [-0.4, -0.2) is 48.9 Å². The van der Waals surface area contributed by atoms with Crippen molar-refractivity contribution in [2.75, 3.05) is 13.1 Å². The second-order valence-corrected chi connectivity index (χ2v) is 10.8. The predicted octanol–water partition coefficient (Wildman–Crippen LogP) is 2.77. The number of carbonyl (C=O) groups is 3. The van der Waals surface area contributed by atoms with E-state index in [1.165, 1.54) is 0 Å². The zero-order valence-electron chi connectivity index (χ0n) is 24.8. The molecule has 43 heavy (non-hydrogen) atoms. The highest BCUT2D eigenvalue weighted by molar-refractivity contribution is 5.93. The molecule has 230 valence electrons. The normalized spacial score (nSPS) is 13.0. The largest absolute Gasteiger partial charge is 0.350 e. The van der Waals surface area contributed by atoms with Crippen LogP contribution in [0.4, 0.5) is 0 Å². The van der Waals surface area contributed by atoms with Crippen LogP contribution in [0, 0.1) is 0 Å². The van der Waals surface area contributed by atoms with Crippen molar-refractivity contribution in [2.45, 2.75) is 69.6 Å². The van der Waals surface area contributed by atoms with Gasteiger partial charge in [-0.3, -0.25) is 14.4 Å². The number of hydrogen-bond acceptors (Lipinski definition) is 6. The lowest BCUT2D eigenvalue weighted by Gasteiger charge is -2.24. The molecular weight excluding hydrogens is 540 g/mol. The molecule has 0 unspecified atom stereocenters. The van der Waals surface area contributed by atoms with Crippen molar-refractivity contribution in [3.63, 3.8) is 0 Å². The third-order valence-electron chi connectivity index (χ3n) is 7.33. The van der Waals surface area contributed by atoms with Crippen LogP contribution < -0.4 is 33.2 Å². The summed E-state index contributed by atoms with van der Waals surface area (Å²) in [7, 11) is 0. The van der Waals surface area contributed by atoms with Crippen molar-refractivity contribution >= 4 is 17.7 Å². The lowest BCUT2D eigenvalue weighted by molar-refractivity contribution is -0.132. The van der Waals surface area contributed by atoms with E-state index < -0.39 is 29.9 Å². The quantitative estimate of drug-likeness (QED) is 0.125. The smallest absolute Gasteiger partial charge is 0.243 e. The number of carbonyl (C=O) groups excluding carboxylic acids is 3. The summed E-state index contributed by atoms with van der Waals surface area (Å²) >= 11 is 0. The molecule has 3 amide bonds. The maximum Gasteiger partial charge on any atom is 0.243 e. The first-order valence-electron chi connectivity index (χ1n) is 15.1. The number of unbranched alkanes of at least 4 members (excludes halogenated alkanes) is 2. The van der Waals surface area contributed by atoms with E-state index >= 15 is 0 Å². The second-order valence-electron chi connectivity index (χ2n) is 10.8. The minimum absolute atomic E-state index is 0.239. The standard InChI is InChI=1S/C34H46N6O3/c35-21-9-7-15-29(37)32(41)40-31(23-25-17-19-28(20-18-25)27-13-5-2-6-14-27)34(43)39-30(16-8-10-22-36)33(42)38-24-26-11-3-1-4-12-26/h1-6,11-14,17-20,29-31H,7-10,15-16,21-24,35-37H2,(H,38,42)(H,39,43)(H,40,41)/t29-,30-,31-/m0/s1. The van der Waals surface area contributed by atoms with E-state index in [9.17, 15) is 14.4 Å². The fraction of sp³-hybridized carbons (Fsp3) is 0.382. The summed E-state index contributed by atoms with van der Waals surface area (Å²) in [5, 5.41) is 8.68. The molecule has 3 atom stereocenters. The molecule has 3 aromatic carbocycles. The molecule has 0 aliphatic rings. The Hall–Kier alpha value is -4.05. The van der Waals surface area contributed by atoms with Gasteiger partial charge in [-0.15, -0.1) is 0 Å². The molecule has 0 radical (unpaired) electrons. The Balaban J connectivity index is 1.75. The van der Waals surface area contributed by atoms with Gasteiger partial charge in [-0.1, -0.05) is 91.3 Å². The molecule has 9 heteroatoms. The lowest BCUT2D eigenvalue weighted by atomic mass is 9.99. The predicted molar refractivity (Wildman–Crippen MR) is 172 cm³/mol. The van der Waals surface area contributed by atoms with Crippen molar-refractivity contribution in [2.24, 2.45) is 17.2 Å². The third kappa shape index (κ3) is 11.6. The van der Waals surface area contributed by atoms with Crippen molar-refractivity contribution in [3.8, 4) is 11.1 Å². The minimum atomic E-state index is -0.922. The average molecular weight is 587 g/mol. The molecule has 9 N–H and O–H groups in total. The van der Waals surface area contributed by atoms with Gasteiger partial charge in [-0.05, 0) is 67.4 Å². The van der Waals surface area contributed by atoms with Gasteiger partial charge in [0.1, 0.15) is 12.1 Å². The number of hydrogen-bond donors (Lipinski definition) is 6. The maximum absolute atomic E-state index is 13.7. The van der Waals surface area contributed by atoms with Gasteiger partial charge < -0.3 is 33.2 Å². The van der Waals surface area contributed by atoms with Gasteiger partial charge in [0.15, 0.2) is 0 Å². The molecule has 9 nitrogen and oxygen atoms in total. The number of rotatable bonds is 18. The van der Waals surface area contributed by atoms with Crippen LogP contribution in [-0.2, 0) is 27.3 Å². The summed E-state index contributed by atoms with van der Waals surface area (Å²) < 4.78 is 0. The Morgan fingerprint density at radius 2 is 1.14 bits per heavy atom. The van der Waals surface area contributed by atoms with Crippen LogP contribution in [0.3, 0.4) is 0 Å². The number of nitrogens with one attached hydrogen (secondary N) is 3. The van der Waals surface area contributed by atoms with Crippen molar-refractivity contribution < 1.29 is 14.4 Å². The topological polar surface area (TPSA) is 165 Å². The lowest BCUT2D eigenvalue weighted by Crippen LogP contribution is -2.56. The fourth-order valence-corrected chi connectivity index (χ4v) is 4.77. The van der Waals surface area contributed by atoms with Crippen LogP contribution in [0.5, 0.6) is 0 Å². The van der Waals surface area contributed by atoms with Crippen LogP contribution in [0.2, 0.25) is 0 Å². The molecule has 3 rings (SSSR count). The van der Waals surface area contributed by atoms with E-state index in [0.717, 1.165) is 35.1 Å². The Labute approximate surface area is 255 Å². The van der Waals surface area contributed by atoms with Crippen molar-refractivity contribution in [1.29, 1.82) is 0 Å². The summed E-state index contributed by atoms with van der Waals surface area (Å²) in [5.41, 5.74) is 21.4. The number of amides is 3. The fourth-order valence-electron chi connectivity index (χ4n) is 4.77. The molecule has 0 saturated carbocycles. The Morgan fingerprint density at radius 3 is 1.77 bits per heavy atom. The first kappa shape index (κ1) is 33.5. The third-order valence-corrected chi connectivity index (χ3v) is 7.33. The SMILES string of the molecule is NCCCC[C@H](NC(=O)[C@H](Cc1ccc(-c2ccccc2)cc1)NC(=O)[C@@H](N)CCCCN)C(=O)NCc1ccccc1. The molecule has 0 heterocycles. The zero-order valence-corrected chi connectivity index (χ0v) is 24.8. The van der Waals surface area contributed by atoms with Crippen LogP contribution in [0.15, 0.2) is 84.9 Å². The number of nitrogens with two attached hydrogens (primary N) is 3. The molecule has 3 aromatic rings. The van der Waals surface area contributed by atoms with Gasteiger partial charge in [0.25, 0.3) is 0 Å². The highest BCUT2D eigenvalue weighted by atomic mass is 16.2. The first-order valence-corrected chi connectivity index (χ1v) is 15.1. The summed E-state index contributed by atoms with van der Waals surface area (Å²) in [6.45, 7) is 1.36. The van der Waals surface area contributed by atoms with E-state index in [-0.39, 0.29) is 12.3 Å². The van der Waals surface area contributed by atoms with Gasteiger partial charge in [0.2, 0.25) is 17.7 Å².